The number of ether oxygens (including phenoxy) is 3. The molecule has 1 N–H and O–H groups in total. The Morgan fingerprint density at radius 1 is 0.783 bits per heavy atom. The summed E-state index contributed by atoms with van der Waals surface area (Å²) in [6.07, 6.45) is 0. The second-order valence-corrected chi connectivity index (χ2v) is 5.70. The fraction of sp³-hybridized carbons (Fsp3) is 0.294. The Labute approximate surface area is 146 Å². The van der Waals surface area contributed by atoms with Gasteiger partial charge in [-0.2, -0.15) is 0 Å². The summed E-state index contributed by atoms with van der Waals surface area (Å²) < 4.78 is 16.0. The van der Waals surface area contributed by atoms with Crippen LogP contribution in [0.4, 0.5) is 0 Å². The van der Waals surface area contributed by atoms with Gasteiger partial charge in [-0.15, -0.1) is 0 Å². The highest BCUT2D eigenvalue weighted by Gasteiger charge is 2.11. The number of benzene rings is 2. The van der Waals surface area contributed by atoms with Crippen LogP contribution in [0, 0.1) is 0 Å². The third-order valence-electron chi connectivity index (χ3n) is 3.43. The molecule has 0 aromatic heterocycles. The zero-order valence-corrected chi connectivity index (χ0v) is 14.8. The number of methoxy groups -OCH3 is 3. The van der Waals surface area contributed by atoms with E-state index in [9.17, 15) is 0 Å². The maximum Gasteiger partial charge on any atom is 0.164 e. The number of rotatable bonds is 7. The fourth-order valence-corrected chi connectivity index (χ4v) is 2.70. The van der Waals surface area contributed by atoms with E-state index in [1.54, 1.807) is 27.4 Å². The molecule has 0 fully saturated rings. The van der Waals surface area contributed by atoms with E-state index < -0.39 is 0 Å². The third-order valence-corrected chi connectivity index (χ3v) is 4.02. The second-order valence-electron chi connectivity index (χ2n) is 4.86. The van der Waals surface area contributed by atoms with Gasteiger partial charge in [0, 0.05) is 34.8 Å². The van der Waals surface area contributed by atoms with E-state index >= 15 is 0 Å². The van der Waals surface area contributed by atoms with Crippen LogP contribution in [0.15, 0.2) is 30.3 Å². The van der Waals surface area contributed by atoms with Crippen LogP contribution in [0.5, 0.6) is 17.2 Å². The summed E-state index contributed by atoms with van der Waals surface area (Å²) in [4.78, 5) is 0. The molecule has 0 atom stereocenters. The zero-order valence-electron chi connectivity index (χ0n) is 13.3. The van der Waals surface area contributed by atoms with Crippen LogP contribution in [-0.4, -0.2) is 21.3 Å². The van der Waals surface area contributed by atoms with Crippen molar-refractivity contribution in [2.24, 2.45) is 0 Å². The van der Waals surface area contributed by atoms with Crippen molar-refractivity contribution in [2.75, 3.05) is 21.3 Å². The Hall–Kier alpha value is -1.62. The Morgan fingerprint density at radius 3 is 2.00 bits per heavy atom. The zero-order chi connectivity index (χ0) is 16.8. The number of hydrogen-bond acceptors (Lipinski definition) is 4. The van der Waals surface area contributed by atoms with Crippen molar-refractivity contribution >= 4 is 23.2 Å². The predicted octanol–water partition coefficient (Wildman–Crippen LogP) is 4.31. The van der Waals surface area contributed by atoms with Crippen molar-refractivity contribution in [3.05, 3.63) is 51.5 Å². The summed E-state index contributed by atoms with van der Waals surface area (Å²) in [7, 11) is 4.83. The molecule has 0 amide bonds. The summed E-state index contributed by atoms with van der Waals surface area (Å²) in [5.41, 5.74) is 1.95. The van der Waals surface area contributed by atoms with Crippen LogP contribution in [-0.2, 0) is 13.1 Å². The maximum absolute atomic E-state index is 6.17. The molecule has 4 nitrogen and oxygen atoms in total. The normalized spacial score (nSPS) is 10.5. The minimum atomic E-state index is 0.600. The first-order chi connectivity index (χ1) is 11.1. The van der Waals surface area contributed by atoms with E-state index in [1.165, 1.54) is 0 Å². The van der Waals surface area contributed by atoms with E-state index in [0.717, 1.165) is 16.9 Å². The molecule has 2 aromatic carbocycles. The lowest BCUT2D eigenvalue weighted by Gasteiger charge is -2.15. The molecule has 0 radical (unpaired) electrons. The standard InChI is InChI=1S/C17H19Cl2NO3/c1-21-15-8-17(23-3)16(22-2)6-12(15)10-20-9-11-4-5-13(18)7-14(11)19/h4-8,20H,9-10H2,1-3H3. The first-order valence-corrected chi connectivity index (χ1v) is 7.78. The predicted molar refractivity (Wildman–Crippen MR) is 93.1 cm³/mol. The topological polar surface area (TPSA) is 39.7 Å². The molecule has 0 unspecified atom stereocenters. The SMILES string of the molecule is COc1cc(OC)c(OC)cc1CNCc1ccc(Cl)cc1Cl. The van der Waals surface area contributed by atoms with E-state index in [4.69, 9.17) is 37.4 Å². The van der Waals surface area contributed by atoms with Crippen LogP contribution in [0.1, 0.15) is 11.1 Å². The molecule has 0 aliphatic heterocycles. The third kappa shape index (κ3) is 4.44. The van der Waals surface area contributed by atoms with Gasteiger partial charge in [0.1, 0.15) is 5.75 Å². The molecular formula is C17H19Cl2NO3. The number of nitrogens with one attached hydrogen (secondary N) is 1. The van der Waals surface area contributed by atoms with Crippen LogP contribution < -0.4 is 19.5 Å². The number of halogens is 2. The molecule has 0 bridgehead atoms. The van der Waals surface area contributed by atoms with Gasteiger partial charge in [0.25, 0.3) is 0 Å². The van der Waals surface area contributed by atoms with Crippen molar-refractivity contribution in [3.8, 4) is 17.2 Å². The van der Waals surface area contributed by atoms with Gasteiger partial charge >= 0.3 is 0 Å². The lowest BCUT2D eigenvalue weighted by molar-refractivity contribution is 0.347. The van der Waals surface area contributed by atoms with Gasteiger partial charge in [-0.1, -0.05) is 29.3 Å². The van der Waals surface area contributed by atoms with Gasteiger partial charge in [0.05, 0.1) is 21.3 Å². The number of hydrogen-bond donors (Lipinski definition) is 1. The Bertz CT molecular complexity index is 677. The summed E-state index contributed by atoms with van der Waals surface area (Å²) in [6, 6.07) is 9.17. The van der Waals surface area contributed by atoms with Gasteiger partial charge in [-0.3, -0.25) is 0 Å². The largest absolute Gasteiger partial charge is 0.496 e. The fourth-order valence-electron chi connectivity index (χ4n) is 2.23. The van der Waals surface area contributed by atoms with Crippen LogP contribution in [0.2, 0.25) is 10.0 Å². The molecule has 2 rings (SSSR count). The molecular weight excluding hydrogens is 337 g/mol. The first-order valence-electron chi connectivity index (χ1n) is 7.02. The van der Waals surface area contributed by atoms with E-state index in [-0.39, 0.29) is 0 Å². The highest BCUT2D eigenvalue weighted by Crippen LogP contribution is 2.34. The molecule has 23 heavy (non-hydrogen) atoms. The molecule has 0 aliphatic rings. The Morgan fingerprint density at radius 2 is 1.39 bits per heavy atom. The smallest absolute Gasteiger partial charge is 0.164 e. The van der Waals surface area contributed by atoms with Crippen LogP contribution >= 0.6 is 23.2 Å². The van der Waals surface area contributed by atoms with E-state index in [0.29, 0.717) is 34.6 Å². The quantitative estimate of drug-likeness (QED) is 0.803. The molecule has 0 aliphatic carbocycles. The Kier molecular flexibility index (Phi) is 6.39. The van der Waals surface area contributed by atoms with Gasteiger partial charge in [-0.05, 0) is 23.8 Å². The summed E-state index contributed by atoms with van der Waals surface area (Å²) in [5.74, 6) is 2.03. The average molecular weight is 356 g/mol. The second kappa shape index (κ2) is 8.29. The average Bonchev–Trinajstić information content (AvgIpc) is 2.56. The molecule has 2 aromatic rings. The van der Waals surface area contributed by atoms with E-state index in [2.05, 4.69) is 5.32 Å². The molecule has 0 saturated carbocycles. The van der Waals surface area contributed by atoms with Gasteiger partial charge in [-0.25, -0.2) is 0 Å². The van der Waals surface area contributed by atoms with Crippen molar-refractivity contribution in [1.82, 2.24) is 5.32 Å². The van der Waals surface area contributed by atoms with Crippen molar-refractivity contribution < 1.29 is 14.2 Å². The van der Waals surface area contributed by atoms with Crippen molar-refractivity contribution in [2.45, 2.75) is 13.1 Å². The minimum Gasteiger partial charge on any atom is -0.496 e. The molecule has 6 heteroatoms. The highest BCUT2D eigenvalue weighted by atomic mass is 35.5. The van der Waals surface area contributed by atoms with Crippen LogP contribution in [0.3, 0.4) is 0 Å². The van der Waals surface area contributed by atoms with Crippen molar-refractivity contribution in [1.29, 1.82) is 0 Å². The molecule has 0 heterocycles. The molecule has 0 saturated heterocycles. The van der Waals surface area contributed by atoms with Gasteiger partial charge in [0.15, 0.2) is 11.5 Å². The first kappa shape index (κ1) is 17.7. The molecule has 124 valence electrons. The van der Waals surface area contributed by atoms with Crippen LogP contribution in [0.25, 0.3) is 0 Å². The minimum absolute atomic E-state index is 0.600. The molecule has 0 spiro atoms. The Balaban J connectivity index is 2.10. The van der Waals surface area contributed by atoms with Gasteiger partial charge in [0.2, 0.25) is 0 Å². The summed E-state index contributed by atoms with van der Waals surface area (Å²) in [5, 5.41) is 4.61. The van der Waals surface area contributed by atoms with Gasteiger partial charge < -0.3 is 19.5 Å². The highest BCUT2D eigenvalue weighted by molar-refractivity contribution is 6.35. The monoisotopic (exact) mass is 355 g/mol. The van der Waals surface area contributed by atoms with E-state index in [1.807, 2.05) is 24.3 Å². The lowest BCUT2D eigenvalue weighted by atomic mass is 10.1. The lowest BCUT2D eigenvalue weighted by Crippen LogP contribution is -2.14. The summed E-state index contributed by atoms with van der Waals surface area (Å²) in [6.45, 7) is 1.22. The summed E-state index contributed by atoms with van der Waals surface area (Å²) >= 11 is 12.1. The maximum atomic E-state index is 6.17. The van der Waals surface area contributed by atoms with Crippen molar-refractivity contribution in [3.63, 3.8) is 0 Å².